The molecule has 2 aromatic rings. The molecule has 1 saturated heterocycles. The third kappa shape index (κ3) is 5.09. The third-order valence-electron chi connectivity index (χ3n) is 5.18. The topological polar surface area (TPSA) is 32.3 Å². The summed E-state index contributed by atoms with van der Waals surface area (Å²) in [6.45, 7) is 4.92. The summed E-state index contributed by atoms with van der Waals surface area (Å²) in [6, 6.07) is 18.4. The number of likely N-dealkylation sites (tertiary alicyclic amines) is 1. The van der Waals surface area contributed by atoms with Crippen molar-refractivity contribution in [2.24, 2.45) is 5.92 Å². The molecular weight excluding hydrogens is 344 g/mol. The maximum Gasteiger partial charge on any atom is 0.223 e. The number of amides is 1. The molecule has 3 nitrogen and oxygen atoms in total. The first kappa shape index (κ1) is 18.9. The molecule has 0 spiro atoms. The van der Waals surface area contributed by atoms with Gasteiger partial charge in [-0.25, -0.2) is 0 Å². The minimum absolute atomic E-state index is 0.105. The van der Waals surface area contributed by atoms with E-state index < -0.39 is 0 Å². The van der Waals surface area contributed by atoms with Crippen molar-refractivity contribution in [3.63, 3.8) is 0 Å². The van der Waals surface area contributed by atoms with Crippen LogP contribution in [-0.2, 0) is 11.3 Å². The van der Waals surface area contributed by atoms with Gasteiger partial charge in [0.1, 0.15) is 0 Å². The first-order valence-corrected chi connectivity index (χ1v) is 9.85. The molecular formula is C22H27ClN2O. The van der Waals surface area contributed by atoms with Crippen molar-refractivity contribution in [1.29, 1.82) is 0 Å². The quantitative estimate of drug-likeness (QED) is 0.790. The monoisotopic (exact) mass is 370 g/mol. The minimum atomic E-state index is 0.105. The van der Waals surface area contributed by atoms with E-state index in [1.807, 2.05) is 36.4 Å². The summed E-state index contributed by atoms with van der Waals surface area (Å²) in [4.78, 5) is 15.1. The Balaban J connectivity index is 1.50. The largest absolute Gasteiger partial charge is 0.349 e. The number of nitrogens with zero attached hydrogens (tertiary/aromatic N) is 1. The number of carbonyl (C=O) groups excluding carboxylic acids is 1. The molecule has 1 amide bonds. The molecule has 1 fully saturated rings. The number of carbonyl (C=O) groups is 1. The second-order valence-corrected chi connectivity index (χ2v) is 7.50. The lowest BCUT2D eigenvalue weighted by Crippen LogP contribution is -2.41. The van der Waals surface area contributed by atoms with Crippen LogP contribution >= 0.6 is 11.6 Å². The molecule has 1 N–H and O–H groups in total. The molecule has 138 valence electrons. The second-order valence-electron chi connectivity index (χ2n) is 7.06. The molecule has 26 heavy (non-hydrogen) atoms. The normalized spacial score (nSPS) is 17.0. The van der Waals surface area contributed by atoms with Gasteiger partial charge in [0.15, 0.2) is 0 Å². The number of benzene rings is 2. The number of nitrogens with one attached hydrogen (secondary N) is 1. The summed E-state index contributed by atoms with van der Waals surface area (Å²) in [5.41, 5.74) is 2.41. The van der Waals surface area contributed by atoms with Crippen LogP contribution in [0.5, 0.6) is 0 Å². The van der Waals surface area contributed by atoms with Crippen LogP contribution in [0.2, 0.25) is 5.02 Å². The first-order chi connectivity index (χ1) is 12.7. The summed E-state index contributed by atoms with van der Waals surface area (Å²) in [6.07, 6.45) is 2.73. The van der Waals surface area contributed by atoms with Crippen molar-refractivity contribution in [1.82, 2.24) is 10.2 Å². The minimum Gasteiger partial charge on any atom is -0.349 e. The van der Waals surface area contributed by atoms with Gasteiger partial charge in [0.05, 0.1) is 6.04 Å². The highest BCUT2D eigenvalue weighted by Gasteiger charge is 2.26. The van der Waals surface area contributed by atoms with Gasteiger partial charge in [-0.1, -0.05) is 61.0 Å². The molecule has 1 heterocycles. The van der Waals surface area contributed by atoms with Crippen LogP contribution in [0.15, 0.2) is 54.6 Å². The van der Waals surface area contributed by atoms with Crippen molar-refractivity contribution < 1.29 is 4.79 Å². The molecule has 0 aliphatic carbocycles. The molecule has 0 bridgehead atoms. The molecule has 0 radical (unpaired) electrons. The fourth-order valence-electron chi connectivity index (χ4n) is 3.64. The average Bonchev–Trinajstić information content (AvgIpc) is 2.67. The Bertz CT molecular complexity index is 711. The third-order valence-corrected chi connectivity index (χ3v) is 5.42. The Morgan fingerprint density at radius 3 is 2.54 bits per heavy atom. The standard InChI is InChI=1S/C22H27ClN2O/c1-2-21(18-8-4-3-5-9-18)24-22(26)19-11-13-25(14-12-19)16-17-7-6-10-20(23)15-17/h3-10,15,19,21H,2,11-14,16H2,1H3,(H,24,26). The smallest absolute Gasteiger partial charge is 0.223 e. The fourth-order valence-corrected chi connectivity index (χ4v) is 3.86. The average molecular weight is 371 g/mol. The molecule has 1 atom stereocenters. The molecule has 3 rings (SSSR count). The summed E-state index contributed by atoms with van der Waals surface area (Å²) in [7, 11) is 0. The number of hydrogen-bond donors (Lipinski definition) is 1. The van der Waals surface area contributed by atoms with Crippen LogP contribution in [0, 0.1) is 5.92 Å². The highest BCUT2D eigenvalue weighted by molar-refractivity contribution is 6.30. The fraction of sp³-hybridized carbons (Fsp3) is 0.409. The highest BCUT2D eigenvalue weighted by Crippen LogP contribution is 2.23. The molecule has 1 aliphatic rings. The van der Waals surface area contributed by atoms with E-state index in [1.54, 1.807) is 0 Å². The number of rotatable bonds is 6. The Labute approximate surface area is 161 Å². The summed E-state index contributed by atoms with van der Waals surface area (Å²) >= 11 is 6.07. The summed E-state index contributed by atoms with van der Waals surface area (Å²) < 4.78 is 0. The van der Waals surface area contributed by atoms with Crippen LogP contribution in [0.25, 0.3) is 0 Å². The van der Waals surface area contributed by atoms with Crippen molar-refractivity contribution in [2.45, 2.75) is 38.8 Å². The zero-order valence-corrected chi connectivity index (χ0v) is 16.1. The molecule has 0 aromatic heterocycles. The summed E-state index contributed by atoms with van der Waals surface area (Å²) in [5.74, 6) is 0.312. The zero-order chi connectivity index (χ0) is 18.4. The number of piperidine rings is 1. The van der Waals surface area contributed by atoms with Gasteiger partial charge in [-0.2, -0.15) is 0 Å². The van der Waals surface area contributed by atoms with Gasteiger partial charge in [-0.05, 0) is 55.6 Å². The van der Waals surface area contributed by atoms with Crippen LogP contribution in [-0.4, -0.2) is 23.9 Å². The van der Waals surface area contributed by atoms with Gasteiger partial charge in [0, 0.05) is 17.5 Å². The zero-order valence-electron chi connectivity index (χ0n) is 15.3. The maximum atomic E-state index is 12.7. The number of hydrogen-bond acceptors (Lipinski definition) is 2. The van der Waals surface area contributed by atoms with E-state index >= 15 is 0 Å². The van der Waals surface area contributed by atoms with Crippen molar-refractivity contribution in [3.8, 4) is 0 Å². The Kier molecular flexibility index (Phi) is 6.70. The Morgan fingerprint density at radius 1 is 1.15 bits per heavy atom. The molecule has 2 aromatic carbocycles. The maximum absolute atomic E-state index is 12.7. The predicted octanol–water partition coefficient (Wildman–Crippen LogP) is 4.82. The lowest BCUT2D eigenvalue weighted by atomic mass is 9.94. The van der Waals surface area contributed by atoms with Gasteiger partial charge in [-0.15, -0.1) is 0 Å². The van der Waals surface area contributed by atoms with Crippen molar-refractivity contribution >= 4 is 17.5 Å². The van der Waals surface area contributed by atoms with Gasteiger partial charge >= 0.3 is 0 Å². The molecule has 0 saturated carbocycles. The predicted molar refractivity (Wildman–Crippen MR) is 107 cm³/mol. The lowest BCUT2D eigenvalue weighted by molar-refractivity contribution is -0.127. The Morgan fingerprint density at radius 2 is 1.88 bits per heavy atom. The SMILES string of the molecule is CCC(NC(=O)C1CCN(Cc2cccc(Cl)c2)CC1)c1ccccc1. The second kappa shape index (κ2) is 9.20. The van der Waals surface area contributed by atoms with Crippen LogP contribution in [0.1, 0.15) is 43.4 Å². The van der Waals surface area contributed by atoms with Gasteiger partial charge in [0.2, 0.25) is 5.91 Å². The van der Waals surface area contributed by atoms with E-state index in [0.29, 0.717) is 0 Å². The van der Waals surface area contributed by atoms with Crippen LogP contribution in [0.4, 0.5) is 0 Å². The van der Waals surface area contributed by atoms with Gasteiger partial charge in [-0.3, -0.25) is 9.69 Å². The van der Waals surface area contributed by atoms with E-state index in [0.717, 1.165) is 43.9 Å². The Hall–Kier alpha value is -1.84. The number of halogens is 1. The van der Waals surface area contributed by atoms with Gasteiger partial charge < -0.3 is 5.32 Å². The lowest BCUT2D eigenvalue weighted by Gasteiger charge is -2.32. The van der Waals surface area contributed by atoms with E-state index in [-0.39, 0.29) is 17.9 Å². The van der Waals surface area contributed by atoms with Crippen LogP contribution in [0.3, 0.4) is 0 Å². The van der Waals surface area contributed by atoms with E-state index in [2.05, 4.69) is 35.3 Å². The van der Waals surface area contributed by atoms with E-state index in [1.165, 1.54) is 11.1 Å². The molecule has 1 unspecified atom stereocenters. The highest BCUT2D eigenvalue weighted by atomic mass is 35.5. The van der Waals surface area contributed by atoms with E-state index in [9.17, 15) is 4.79 Å². The first-order valence-electron chi connectivity index (χ1n) is 9.48. The van der Waals surface area contributed by atoms with Gasteiger partial charge in [0.25, 0.3) is 0 Å². The van der Waals surface area contributed by atoms with Crippen molar-refractivity contribution in [3.05, 3.63) is 70.7 Å². The molecule has 1 aliphatic heterocycles. The van der Waals surface area contributed by atoms with Crippen LogP contribution < -0.4 is 5.32 Å². The van der Waals surface area contributed by atoms with E-state index in [4.69, 9.17) is 11.6 Å². The van der Waals surface area contributed by atoms with Crippen molar-refractivity contribution in [2.75, 3.05) is 13.1 Å². The summed E-state index contributed by atoms with van der Waals surface area (Å²) in [5, 5.41) is 4.03. The molecule has 4 heteroatoms.